The van der Waals surface area contributed by atoms with E-state index in [2.05, 4.69) is 21.2 Å². The van der Waals surface area contributed by atoms with E-state index in [4.69, 9.17) is 10.7 Å². The first kappa shape index (κ1) is 15.9. The van der Waals surface area contributed by atoms with Crippen LogP contribution in [0.2, 0.25) is 0 Å². The fraction of sp³-hybridized carbons (Fsp3) is 0. The van der Waals surface area contributed by atoms with E-state index in [0.717, 1.165) is 16.6 Å². The summed E-state index contributed by atoms with van der Waals surface area (Å²) in [6.07, 6.45) is 0. The second kappa shape index (κ2) is 6.13. The molecule has 1 N–H and O–H groups in total. The zero-order valence-corrected chi connectivity index (χ0v) is 13.5. The predicted molar refractivity (Wildman–Crippen MR) is 81.5 cm³/mol. The number of nitrogens with one attached hydrogen (secondary N) is 1. The summed E-state index contributed by atoms with van der Waals surface area (Å²) < 4.78 is 36.5. The van der Waals surface area contributed by atoms with Gasteiger partial charge in [0.05, 0.1) is 0 Å². The SMILES string of the molecule is O=C(Nc1ccc(S(=O)(=O)Cl)c(F)c1)c1cccc(Br)c1. The van der Waals surface area contributed by atoms with Crippen LogP contribution in [0.3, 0.4) is 0 Å². The fourth-order valence-corrected chi connectivity index (χ4v) is 2.91. The van der Waals surface area contributed by atoms with Gasteiger partial charge in [-0.3, -0.25) is 4.79 Å². The molecule has 0 aromatic heterocycles. The van der Waals surface area contributed by atoms with E-state index in [-0.39, 0.29) is 5.69 Å². The van der Waals surface area contributed by atoms with Crippen molar-refractivity contribution < 1.29 is 17.6 Å². The molecule has 0 aliphatic rings. The molecule has 0 heterocycles. The molecule has 0 atom stereocenters. The van der Waals surface area contributed by atoms with Gasteiger partial charge in [0, 0.05) is 26.4 Å². The van der Waals surface area contributed by atoms with E-state index in [9.17, 15) is 17.6 Å². The molecule has 1 amide bonds. The van der Waals surface area contributed by atoms with E-state index in [1.807, 2.05) is 0 Å². The third kappa shape index (κ3) is 4.03. The third-order valence-corrected chi connectivity index (χ3v) is 4.39. The van der Waals surface area contributed by atoms with Gasteiger partial charge in [-0.25, -0.2) is 12.8 Å². The lowest BCUT2D eigenvalue weighted by molar-refractivity contribution is 0.102. The zero-order valence-electron chi connectivity index (χ0n) is 10.3. The van der Waals surface area contributed by atoms with Crippen LogP contribution in [-0.2, 0) is 9.05 Å². The Morgan fingerprint density at radius 3 is 2.48 bits per heavy atom. The molecule has 0 radical (unpaired) electrons. The fourth-order valence-electron chi connectivity index (χ4n) is 1.61. The van der Waals surface area contributed by atoms with Crippen LogP contribution in [0.5, 0.6) is 0 Å². The van der Waals surface area contributed by atoms with Crippen LogP contribution in [0.15, 0.2) is 51.8 Å². The van der Waals surface area contributed by atoms with Gasteiger partial charge in [-0.05, 0) is 36.4 Å². The van der Waals surface area contributed by atoms with Gasteiger partial charge in [0.1, 0.15) is 10.7 Å². The summed E-state index contributed by atoms with van der Waals surface area (Å²) in [5.41, 5.74) is 0.500. The second-order valence-corrected chi connectivity index (χ2v) is 7.50. The van der Waals surface area contributed by atoms with Gasteiger partial charge in [0.25, 0.3) is 15.0 Å². The molecule has 2 aromatic rings. The Labute approximate surface area is 133 Å². The number of hydrogen-bond donors (Lipinski definition) is 1. The van der Waals surface area contributed by atoms with Crippen LogP contribution in [-0.4, -0.2) is 14.3 Å². The van der Waals surface area contributed by atoms with Gasteiger partial charge < -0.3 is 5.32 Å². The highest BCUT2D eigenvalue weighted by atomic mass is 79.9. The summed E-state index contributed by atoms with van der Waals surface area (Å²) in [5, 5.41) is 2.47. The highest BCUT2D eigenvalue weighted by Crippen LogP contribution is 2.22. The topological polar surface area (TPSA) is 63.2 Å². The molecule has 0 aliphatic heterocycles. The maximum absolute atomic E-state index is 13.6. The first-order valence-electron chi connectivity index (χ1n) is 5.58. The Kier molecular flexibility index (Phi) is 4.65. The lowest BCUT2D eigenvalue weighted by atomic mass is 10.2. The van der Waals surface area contributed by atoms with Gasteiger partial charge in [0.2, 0.25) is 0 Å². The molecular formula is C13H8BrClFNO3S. The maximum atomic E-state index is 13.6. The number of anilines is 1. The number of carbonyl (C=O) groups excluding carboxylic acids is 1. The van der Waals surface area contributed by atoms with Gasteiger partial charge in [-0.15, -0.1) is 0 Å². The molecule has 0 saturated carbocycles. The van der Waals surface area contributed by atoms with Gasteiger partial charge >= 0.3 is 0 Å². The first-order valence-corrected chi connectivity index (χ1v) is 8.69. The molecule has 2 rings (SSSR count). The predicted octanol–water partition coefficient (Wildman–Crippen LogP) is 3.77. The third-order valence-electron chi connectivity index (χ3n) is 2.54. The number of halogens is 3. The van der Waals surface area contributed by atoms with Gasteiger partial charge in [-0.2, -0.15) is 0 Å². The molecule has 0 fully saturated rings. The molecule has 0 spiro atoms. The standard InChI is InChI=1S/C13H8BrClFNO3S/c14-9-3-1-2-8(6-9)13(18)17-10-4-5-12(11(16)7-10)21(15,19)20/h1-7H,(H,17,18). The number of carbonyl (C=O) groups is 1. The number of amides is 1. The molecule has 21 heavy (non-hydrogen) atoms. The van der Waals surface area contributed by atoms with Crippen molar-refractivity contribution in [3.8, 4) is 0 Å². The highest BCUT2D eigenvalue weighted by Gasteiger charge is 2.17. The minimum Gasteiger partial charge on any atom is -0.322 e. The van der Waals surface area contributed by atoms with Crippen molar-refractivity contribution in [1.82, 2.24) is 0 Å². The van der Waals surface area contributed by atoms with Crippen LogP contribution >= 0.6 is 26.6 Å². The number of benzene rings is 2. The van der Waals surface area contributed by atoms with Crippen LogP contribution in [0.25, 0.3) is 0 Å². The Bertz CT molecular complexity index is 811. The molecule has 0 bridgehead atoms. The largest absolute Gasteiger partial charge is 0.322 e. The number of hydrogen-bond acceptors (Lipinski definition) is 3. The molecule has 0 saturated heterocycles. The summed E-state index contributed by atoms with van der Waals surface area (Å²) in [5.74, 6) is -1.48. The van der Waals surface area contributed by atoms with E-state index < -0.39 is 25.7 Å². The monoisotopic (exact) mass is 391 g/mol. The van der Waals surface area contributed by atoms with Crippen molar-refractivity contribution in [2.45, 2.75) is 4.90 Å². The number of rotatable bonds is 3. The van der Waals surface area contributed by atoms with Crippen LogP contribution in [0.1, 0.15) is 10.4 Å². The minimum atomic E-state index is -4.16. The Morgan fingerprint density at radius 2 is 1.90 bits per heavy atom. The van der Waals surface area contributed by atoms with E-state index in [1.165, 1.54) is 6.07 Å². The van der Waals surface area contributed by atoms with E-state index in [1.54, 1.807) is 24.3 Å². The lowest BCUT2D eigenvalue weighted by Crippen LogP contribution is -2.12. The molecule has 4 nitrogen and oxygen atoms in total. The molecular weight excluding hydrogens is 385 g/mol. The molecule has 0 unspecified atom stereocenters. The van der Waals surface area contributed by atoms with Crippen molar-refractivity contribution in [3.63, 3.8) is 0 Å². The van der Waals surface area contributed by atoms with Crippen molar-refractivity contribution in [1.29, 1.82) is 0 Å². The Hall–Kier alpha value is -1.44. The minimum absolute atomic E-state index is 0.126. The maximum Gasteiger partial charge on any atom is 0.264 e. The Balaban J connectivity index is 2.25. The Morgan fingerprint density at radius 1 is 1.19 bits per heavy atom. The van der Waals surface area contributed by atoms with Crippen LogP contribution in [0, 0.1) is 5.82 Å². The molecule has 8 heteroatoms. The highest BCUT2D eigenvalue weighted by molar-refractivity contribution is 9.10. The van der Waals surface area contributed by atoms with Crippen molar-refractivity contribution in [2.75, 3.05) is 5.32 Å². The lowest BCUT2D eigenvalue weighted by Gasteiger charge is -2.07. The second-order valence-electron chi connectivity index (χ2n) is 4.05. The molecule has 2 aromatic carbocycles. The summed E-state index contributed by atoms with van der Waals surface area (Å²) in [6, 6.07) is 9.78. The average Bonchev–Trinajstić information content (AvgIpc) is 2.37. The summed E-state index contributed by atoms with van der Waals surface area (Å²) >= 11 is 3.24. The van der Waals surface area contributed by atoms with Crippen molar-refractivity contribution in [2.24, 2.45) is 0 Å². The van der Waals surface area contributed by atoms with Crippen molar-refractivity contribution in [3.05, 3.63) is 58.3 Å². The van der Waals surface area contributed by atoms with Crippen LogP contribution < -0.4 is 5.32 Å². The van der Waals surface area contributed by atoms with Gasteiger partial charge in [-0.1, -0.05) is 22.0 Å². The van der Waals surface area contributed by atoms with E-state index in [0.29, 0.717) is 5.56 Å². The summed E-state index contributed by atoms with van der Waals surface area (Å²) in [6.45, 7) is 0. The smallest absolute Gasteiger partial charge is 0.264 e. The quantitative estimate of drug-likeness (QED) is 0.809. The molecule has 0 aliphatic carbocycles. The van der Waals surface area contributed by atoms with Gasteiger partial charge in [0.15, 0.2) is 0 Å². The molecule has 110 valence electrons. The van der Waals surface area contributed by atoms with Crippen LogP contribution in [0.4, 0.5) is 10.1 Å². The normalized spacial score (nSPS) is 11.2. The first-order chi connectivity index (χ1) is 9.77. The average molecular weight is 393 g/mol. The summed E-state index contributed by atoms with van der Waals surface area (Å²) in [7, 11) is 0.917. The zero-order chi connectivity index (χ0) is 15.6. The van der Waals surface area contributed by atoms with E-state index >= 15 is 0 Å². The summed E-state index contributed by atoms with van der Waals surface area (Å²) in [4.78, 5) is 11.3. The van der Waals surface area contributed by atoms with Crippen molar-refractivity contribution >= 4 is 47.3 Å².